The largest absolute Gasteiger partial charge is 0.402 e. The number of H-pyrrole nitrogens is 1. The van der Waals surface area contributed by atoms with Gasteiger partial charge in [0.25, 0.3) is 5.56 Å². The predicted molar refractivity (Wildman–Crippen MR) is 203 cm³/mol. The average Bonchev–Trinajstić information content (AvgIpc) is 3.67. The minimum Gasteiger partial charge on any atom is -0.387 e. The number of fused-ring (bicyclic) bond motifs is 1. The molecule has 0 amide bonds. The van der Waals surface area contributed by atoms with Crippen LogP contribution in [0.1, 0.15) is 43.7 Å². The first-order valence-corrected chi connectivity index (χ1v) is 19.7. The molecule has 0 saturated carbocycles. The van der Waals surface area contributed by atoms with Crippen molar-refractivity contribution in [2.75, 3.05) is 31.3 Å². The Morgan fingerprint density at radius 2 is 1.57 bits per heavy atom. The quantitative estimate of drug-likeness (QED) is 0.0573. The molecule has 1 aliphatic heterocycles. The van der Waals surface area contributed by atoms with Gasteiger partial charge in [0.1, 0.15) is 23.4 Å². The number of nitrogens with one attached hydrogen (secondary N) is 1. The van der Waals surface area contributed by atoms with Gasteiger partial charge in [-0.15, -0.1) is 0 Å². The third-order valence-corrected chi connectivity index (χ3v) is 11.4. The Balaban J connectivity index is 1.05. The van der Waals surface area contributed by atoms with E-state index in [1.807, 2.05) is 91.0 Å². The molecule has 5 aromatic rings. The maximum atomic E-state index is 13.6. The van der Waals surface area contributed by atoms with Gasteiger partial charge in [-0.2, -0.15) is 4.98 Å². The number of nitrogens with zero attached hydrogens (tertiary/aromatic N) is 3. The zero-order valence-electron chi connectivity index (χ0n) is 29.9. The highest BCUT2D eigenvalue weighted by Crippen LogP contribution is 2.45. The minimum atomic E-state index is -4.20. The number of nitrogens with two attached hydrogens (primary N) is 2. The number of aliphatic hydroxyl groups excluding tert-OH is 1. The first-order valence-electron chi connectivity index (χ1n) is 17.1. The number of aromatic amines is 1. The summed E-state index contributed by atoms with van der Waals surface area (Å²) in [6.45, 7) is 4.27. The maximum absolute atomic E-state index is 13.6. The number of imidazole rings is 1. The number of hydrogen-bond acceptors (Lipinski definition) is 13. The lowest BCUT2D eigenvalue weighted by atomic mass is 9.79. The lowest BCUT2D eigenvalue weighted by Crippen LogP contribution is -2.44. The molecular formula is C37H43N6O9PS. The summed E-state index contributed by atoms with van der Waals surface area (Å²) in [7, 11) is -4.20. The molecule has 6 rings (SSSR count). The molecular weight excluding hydrogens is 735 g/mol. The van der Waals surface area contributed by atoms with Crippen molar-refractivity contribution in [3.63, 3.8) is 0 Å². The fraction of sp³-hybridized carbons (Fsp3) is 0.351. The van der Waals surface area contributed by atoms with Crippen LogP contribution in [0.2, 0.25) is 0 Å². The van der Waals surface area contributed by atoms with Gasteiger partial charge in [0.05, 0.1) is 31.6 Å². The van der Waals surface area contributed by atoms with Crippen LogP contribution in [-0.2, 0) is 33.5 Å². The van der Waals surface area contributed by atoms with Crippen LogP contribution in [0, 0.1) is 5.41 Å². The number of nitrogen functional groups attached to an aromatic ring is 1. The van der Waals surface area contributed by atoms with Gasteiger partial charge in [0, 0.05) is 5.75 Å². The van der Waals surface area contributed by atoms with E-state index in [2.05, 4.69) is 15.0 Å². The summed E-state index contributed by atoms with van der Waals surface area (Å²) < 4.78 is 37.7. The van der Waals surface area contributed by atoms with Crippen LogP contribution in [0.5, 0.6) is 0 Å². The Labute approximate surface area is 315 Å². The lowest BCUT2D eigenvalue weighted by Gasteiger charge is -2.38. The van der Waals surface area contributed by atoms with Gasteiger partial charge in [0.2, 0.25) is 5.95 Å². The molecule has 7 N–H and O–H groups in total. The highest BCUT2D eigenvalue weighted by molar-refractivity contribution is 8.13. The summed E-state index contributed by atoms with van der Waals surface area (Å²) in [5.41, 5.74) is 9.75. The molecule has 5 atom stereocenters. The van der Waals surface area contributed by atoms with Crippen molar-refractivity contribution < 1.29 is 38.1 Å². The average molecular weight is 779 g/mol. The molecule has 54 heavy (non-hydrogen) atoms. The van der Waals surface area contributed by atoms with Crippen LogP contribution in [0.15, 0.2) is 102 Å². The van der Waals surface area contributed by atoms with E-state index in [1.54, 1.807) is 13.8 Å². The molecule has 15 nitrogen and oxygen atoms in total. The predicted octanol–water partition coefficient (Wildman–Crippen LogP) is 4.11. The summed E-state index contributed by atoms with van der Waals surface area (Å²) in [6.07, 6.45) is -2.81. The first-order chi connectivity index (χ1) is 25.7. The van der Waals surface area contributed by atoms with Crippen molar-refractivity contribution in [1.29, 1.82) is 0 Å². The Morgan fingerprint density at radius 1 is 1.02 bits per heavy atom. The molecule has 1 saturated heterocycles. The molecule has 0 radical (unpaired) electrons. The number of thioether (sulfide) groups is 1. The number of anilines is 1. The molecule has 1 fully saturated rings. The second kappa shape index (κ2) is 15.9. The van der Waals surface area contributed by atoms with Crippen molar-refractivity contribution in [1.82, 2.24) is 19.5 Å². The molecule has 17 heteroatoms. The van der Waals surface area contributed by atoms with Crippen LogP contribution in [0.25, 0.3) is 11.2 Å². The summed E-state index contributed by atoms with van der Waals surface area (Å²) in [5, 5.41) is 21.8. The highest BCUT2D eigenvalue weighted by atomic mass is 32.2. The van der Waals surface area contributed by atoms with Crippen molar-refractivity contribution in [2.24, 2.45) is 10.9 Å². The van der Waals surface area contributed by atoms with Crippen LogP contribution < -0.4 is 16.8 Å². The second-order valence-electron chi connectivity index (χ2n) is 13.7. The standard InChI is InChI=1S/C37H43N6O9PS/c1-35(2,22-49-37(24-13-7-4-8-14-24,25-15-9-5-10-16-25)26-17-11-6-12-18-26)33(46)54-20-19-50-53(39,48)51-21-27-29(44)36(3,47)32(52-27)43-23-40-28-30(43)41-34(38)42-31(28)45/h4-18,23,27,29,32,44,47H,19-22H2,1-3H3,(H2,39,48)(H3,38,41,42,45)/t27-,29-,32-,36-,53?/m1/s1. The summed E-state index contributed by atoms with van der Waals surface area (Å²) in [6, 6.07) is 29.6. The summed E-state index contributed by atoms with van der Waals surface area (Å²) >= 11 is 0.985. The number of carbonyl (C=O) groups is 1. The summed E-state index contributed by atoms with van der Waals surface area (Å²) in [5.74, 6) is -0.0717. The van der Waals surface area contributed by atoms with Gasteiger partial charge in [-0.25, -0.2) is 15.1 Å². The van der Waals surface area contributed by atoms with Crippen LogP contribution in [0.3, 0.4) is 0 Å². The number of benzene rings is 3. The zero-order chi connectivity index (χ0) is 38.7. The zero-order valence-corrected chi connectivity index (χ0v) is 31.6. The number of hydrogen-bond donors (Lipinski definition) is 5. The van der Waals surface area contributed by atoms with Crippen molar-refractivity contribution in [3.8, 4) is 0 Å². The smallest absolute Gasteiger partial charge is 0.387 e. The van der Waals surface area contributed by atoms with Crippen LogP contribution >= 0.6 is 19.5 Å². The number of carbonyl (C=O) groups excluding carboxylic acids is 1. The number of aromatic nitrogens is 4. The monoisotopic (exact) mass is 778 g/mol. The summed E-state index contributed by atoms with van der Waals surface area (Å²) in [4.78, 5) is 36.2. The normalized spacial score (nSPS) is 21.6. The molecule has 1 aliphatic rings. The van der Waals surface area contributed by atoms with E-state index < -0.39 is 55.0 Å². The SMILES string of the molecule is CC(C)(COC(c1ccccc1)(c1ccccc1)c1ccccc1)C(=O)SCCOP(N)(=O)OC[C@H]1O[C@@H](n2cnc3c(=O)[nH]c(N)nc32)[C@](C)(O)[C@@H]1O. The molecule has 0 bridgehead atoms. The van der Waals surface area contributed by atoms with Gasteiger partial charge in [0.15, 0.2) is 22.5 Å². The Morgan fingerprint density at radius 3 is 2.13 bits per heavy atom. The molecule has 2 aromatic heterocycles. The molecule has 1 unspecified atom stereocenters. The first kappa shape index (κ1) is 39.5. The van der Waals surface area contributed by atoms with E-state index in [1.165, 1.54) is 17.8 Å². The fourth-order valence-electron chi connectivity index (χ4n) is 6.32. The van der Waals surface area contributed by atoms with Gasteiger partial charge in [-0.1, -0.05) is 103 Å². The fourth-order valence-corrected chi connectivity index (χ4v) is 8.02. The van der Waals surface area contributed by atoms with E-state index in [4.69, 9.17) is 29.8 Å². The van der Waals surface area contributed by atoms with E-state index in [-0.39, 0.29) is 41.2 Å². The second-order valence-corrected chi connectivity index (χ2v) is 16.4. The van der Waals surface area contributed by atoms with Gasteiger partial charge < -0.3 is 25.4 Å². The topological polar surface area (TPSA) is 227 Å². The van der Waals surface area contributed by atoms with Gasteiger partial charge in [-0.05, 0) is 37.5 Å². The van der Waals surface area contributed by atoms with Gasteiger partial charge in [-0.3, -0.25) is 28.2 Å². The third-order valence-electron chi connectivity index (χ3n) is 9.21. The Hall–Kier alpha value is -4.22. The third kappa shape index (κ3) is 8.08. The molecule has 0 aliphatic carbocycles. The van der Waals surface area contributed by atoms with E-state index in [9.17, 15) is 24.4 Å². The van der Waals surface area contributed by atoms with E-state index in [0.29, 0.717) is 0 Å². The molecule has 3 heterocycles. The number of aliphatic hydroxyl groups is 2. The maximum Gasteiger partial charge on any atom is 0.402 e. The highest BCUT2D eigenvalue weighted by Gasteiger charge is 2.54. The minimum absolute atomic E-state index is 0.0211. The van der Waals surface area contributed by atoms with E-state index >= 15 is 0 Å². The Kier molecular flexibility index (Phi) is 11.6. The van der Waals surface area contributed by atoms with Gasteiger partial charge >= 0.3 is 7.75 Å². The molecule has 3 aromatic carbocycles. The van der Waals surface area contributed by atoms with Crippen molar-refractivity contribution in [2.45, 2.75) is 50.4 Å². The van der Waals surface area contributed by atoms with Crippen LogP contribution in [0.4, 0.5) is 5.95 Å². The van der Waals surface area contributed by atoms with Crippen molar-refractivity contribution >= 4 is 41.7 Å². The van der Waals surface area contributed by atoms with Crippen molar-refractivity contribution in [3.05, 3.63) is 124 Å². The lowest BCUT2D eigenvalue weighted by molar-refractivity contribution is -0.124. The molecule has 286 valence electrons. The van der Waals surface area contributed by atoms with E-state index in [0.717, 1.165) is 28.5 Å². The molecule has 0 spiro atoms. The number of ether oxygens (including phenoxy) is 2. The Bertz CT molecular complexity index is 2070. The number of rotatable bonds is 15. The van der Waals surface area contributed by atoms with Crippen LogP contribution in [-0.4, -0.2) is 78.2 Å².